The van der Waals surface area contributed by atoms with Gasteiger partial charge in [-0.2, -0.15) is 4.98 Å². The minimum atomic E-state index is 0.557. The molecule has 1 saturated heterocycles. The van der Waals surface area contributed by atoms with Crippen molar-refractivity contribution in [2.75, 3.05) is 36.5 Å². The van der Waals surface area contributed by atoms with E-state index in [-0.39, 0.29) is 0 Å². The second-order valence-electron chi connectivity index (χ2n) is 6.81. The third-order valence-corrected chi connectivity index (χ3v) is 5.03. The van der Waals surface area contributed by atoms with Crippen LogP contribution in [-0.4, -0.2) is 41.5 Å². The molecule has 5 rings (SSSR count). The number of rotatable bonds is 4. The largest absolute Gasteiger partial charge is 0.378 e. The maximum absolute atomic E-state index is 5.42. The molecule has 0 bridgehead atoms. The van der Waals surface area contributed by atoms with E-state index in [1.165, 1.54) is 11.1 Å². The summed E-state index contributed by atoms with van der Waals surface area (Å²) in [6.45, 7) is 3.44. The fourth-order valence-corrected chi connectivity index (χ4v) is 3.58. The van der Waals surface area contributed by atoms with E-state index in [1.807, 2.05) is 18.2 Å². The van der Waals surface area contributed by atoms with Crippen LogP contribution in [-0.2, 0) is 4.74 Å². The van der Waals surface area contributed by atoms with Crippen molar-refractivity contribution in [3.8, 4) is 11.4 Å². The molecule has 1 aromatic heterocycles. The molecule has 140 valence electrons. The molecule has 0 saturated carbocycles. The first kappa shape index (κ1) is 16.8. The van der Waals surface area contributed by atoms with Gasteiger partial charge in [0.25, 0.3) is 0 Å². The summed E-state index contributed by atoms with van der Waals surface area (Å²) in [5.41, 5.74) is 3.21. The number of morpholine rings is 1. The molecule has 0 unspecified atom stereocenters. The number of aromatic nitrogens is 3. The van der Waals surface area contributed by atoms with Gasteiger partial charge in [0.1, 0.15) is 0 Å². The van der Waals surface area contributed by atoms with Crippen LogP contribution in [0.4, 0.5) is 17.3 Å². The summed E-state index contributed by atoms with van der Waals surface area (Å²) in [6, 6.07) is 22.8. The number of fused-ring (bicyclic) bond motifs is 1. The molecule has 0 radical (unpaired) electrons. The van der Waals surface area contributed by atoms with E-state index >= 15 is 0 Å². The Bertz CT molecular complexity index is 1080. The maximum atomic E-state index is 5.42. The third kappa shape index (κ3) is 3.30. The van der Waals surface area contributed by atoms with Gasteiger partial charge in [-0.3, -0.25) is 5.10 Å². The highest BCUT2D eigenvalue weighted by atomic mass is 16.5. The number of nitrogens with zero attached hydrogens (tertiary/aromatic N) is 3. The van der Waals surface area contributed by atoms with Crippen molar-refractivity contribution >= 4 is 28.1 Å². The fourth-order valence-electron chi connectivity index (χ4n) is 3.58. The van der Waals surface area contributed by atoms with Crippen molar-refractivity contribution in [3.63, 3.8) is 0 Å². The van der Waals surface area contributed by atoms with Gasteiger partial charge in [-0.05, 0) is 35.0 Å². The van der Waals surface area contributed by atoms with Crippen LogP contribution in [0, 0.1) is 0 Å². The summed E-state index contributed by atoms with van der Waals surface area (Å²) in [6.07, 6.45) is 0. The molecule has 0 atom stereocenters. The number of ether oxygens (including phenoxy) is 1. The summed E-state index contributed by atoms with van der Waals surface area (Å²) >= 11 is 0. The summed E-state index contributed by atoms with van der Waals surface area (Å²) in [4.78, 5) is 6.97. The van der Waals surface area contributed by atoms with Gasteiger partial charge in [0.2, 0.25) is 5.95 Å². The first-order valence-corrected chi connectivity index (χ1v) is 9.47. The zero-order valence-electron chi connectivity index (χ0n) is 15.4. The lowest BCUT2D eigenvalue weighted by Gasteiger charge is -2.28. The summed E-state index contributed by atoms with van der Waals surface area (Å²) in [7, 11) is 0. The minimum absolute atomic E-state index is 0.557. The smallest absolute Gasteiger partial charge is 0.246 e. The number of hydrogen-bond acceptors (Lipinski definition) is 5. The third-order valence-electron chi connectivity index (χ3n) is 5.03. The van der Waals surface area contributed by atoms with E-state index in [2.05, 4.69) is 73.9 Å². The van der Waals surface area contributed by atoms with Crippen molar-refractivity contribution in [2.24, 2.45) is 0 Å². The van der Waals surface area contributed by atoms with Crippen LogP contribution in [0.5, 0.6) is 0 Å². The van der Waals surface area contributed by atoms with Crippen LogP contribution in [0.1, 0.15) is 0 Å². The van der Waals surface area contributed by atoms with Gasteiger partial charge < -0.3 is 15.0 Å². The Morgan fingerprint density at radius 1 is 0.893 bits per heavy atom. The molecule has 1 aliphatic heterocycles. The van der Waals surface area contributed by atoms with Crippen LogP contribution in [0.3, 0.4) is 0 Å². The van der Waals surface area contributed by atoms with E-state index < -0.39 is 0 Å². The number of benzene rings is 3. The second-order valence-corrected chi connectivity index (χ2v) is 6.81. The lowest BCUT2D eigenvalue weighted by molar-refractivity contribution is 0.122. The number of aromatic amines is 1. The van der Waals surface area contributed by atoms with E-state index in [9.17, 15) is 0 Å². The molecule has 0 aliphatic carbocycles. The number of nitrogens with one attached hydrogen (secondary N) is 2. The lowest BCUT2D eigenvalue weighted by atomic mass is 10.0. The van der Waals surface area contributed by atoms with Crippen molar-refractivity contribution in [3.05, 3.63) is 66.7 Å². The summed E-state index contributed by atoms with van der Waals surface area (Å²) in [5, 5.41) is 13.0. The van der Waals surface area contributed by atoms with Gasteiger partial charge in [-0.15, -0.1) is 5.10 Å². The predicted molar refractivity (Wildman–Crippen MR) is 112 cm³/mol. The van der Waals surface area contributed by atoms with Crippen LogP contribution in [0.25, 0.3) is 22.2 Å². The summed E-state index contributed by atoms with van der Waals surface area (Å²) < 4.78 is 5.42. The average Bonchev–Trinajstić information content (AvgIpc) is 3.23. The maximum Gasteiger partial charge on any atom is 0.246 e. The number of hydrogen-bond donors (Lipinski definition) is 2. The molecule has 3 aromatic carbocycles. The normalized spacial score (nSPS) is 14.4. The Kier molecular flexibility index (Phi) is 4.39. The number of H-pyrrole nitrogens is 1. The van der Waals surface area contributed by atoms with Crippen molar-refractivity contribution in [2.45, 2.75) is 0 Å². The molecule has 0 spiro atoms. The first-order chi connectivity index (χ1) is 13.9. The molecule has 6 heteroatoms. The summed E-state index contributed by atoms with van der Waals surface area (Å²) in [5.74, 6) is 1.31. The molecular formula is C22H21N5O. The fraction of sp³-hybridized carbons (Fsp3) is 0.182. The molecule has 1 aliphatic rings. The van der Waals surface area contributed by atoms with Gasteiger partial charge in [0.05, 0.1) is 13.2 Å². The Morgan fingerprint density at radius 2 is 1.68 bits per heavy atom. The Balaban J connectivity index is 1.35. The highest BCUT2D eigenvalue weighted by molar-refractivity contribution is 5.95. The lowest BCUT2D eigenvalue weighted by Crippen LogP contribution is -2.36. The molecule has 0 amide bonds. The first-order valence-electron chi connectivity index (χ1n) is 9.47. The van der Waals surface area contributed by atoms with Gasteiger partial charge in [0, 0.05) is 30.0 Å². The van der Waals surface area contributed by atoms with E-state index in [4.69, 9.17) is 4.74 Å². The van der Waals surface area contributed by atoms with E-state index in [0.717, 1.165) is 48.8 Å². The monoisotopic (exact) mass is 371 g/mol. The molecule has 2 N–H and O–H groups in total. The predicted octanol–water partition coefficient (Wildman–Crippen LogP) is 4.21. The Hall–Kier alpha value is -3.38. The molecule has 1 fully saturated rings. The standard InChI is InChI=1S/C22H21N5O/c1-2-6-19-16(4-1)5-3-7-20(19)21-24-22(26-25-21)23-17-8-10-18(11-9-17)27-12-14-28-15-13-27/h1-11H,12-15H2,(H2,23,24,25,26). The highest BCUT2D eigenvalue weighted by Crippen LogP contribution is 2.27. The molecule has 6 nitrogen and oxygen atoms in total. The second kappa shape index (κ2) is 7.32. The van der Waals surface area contributed by atoms with Crippen molar-refractivity contribution in [1.29, 1.82) is 0 Å². The minimum Gasteiger partial charge on any atom is -0.378 e. The topological polar surface area (TPSA) is 66.1 Å². The van der Waals surface area contributed by atoms with Gasteiger partial charge in [-0.1, -0.05) is 42.5 Å². The highest BCUT2D eigenvalue weighted by Gasteiger charge is 2.12. The van der Waals surface area contributed by atoms with Crippen molar-refractivity contribution in [1.82, 2.24) is 15.2 Å². The van der Waals surface area contributed by atoms with Crippen LogP contribution < -0.4 is 10.2 Å². The average molecular weight is 371 g/mol. The Labute approximate surface area is 163 Å². The molecule has 4 aromatic rings. The van der Waals surface area contributed by atoms with Crippen molar-refractivity contribution < 1.29 is 4.74 Å². The van der Waals surface area contributed by atoms with Gasteiger partial charge >= 0.3 is 0 Å². The zero-order chi connectivity index (χ0) is 18.8. The van der Waals surface area contributed by atoms with Gasteiger partial charge in [-0.25, -0.2) is 0 Å². The molecular weight excluding hydrogens is 350 g/mol. The van der Waals surface area contributed by atoms with Crippen LogP contribution in [0.2, 0.25) is 0 Å². The van der Waals surface area contributed by atoms with Gasteiger partial charge in [0.15, 0.2) is 5.82 Å². The van der Waals surface area contributed by atoms with E-state index in [0.29, 0.717) is 5.95 Å². The molecule has 2 heterocycles. The SMILES string of the molecule is c1ccc2c(-c3nc(Nc4ccc(N5CCOCC5)cc4)n[nH]3)cccc2c1. The molecule has 28 heavy (non-hydrogen) atoms. The zero-order valence-corrected chi connectivity index (χ0v) is 15.4. The van der Waals surface area contributed by atoms with E-state index in [1.54, 1.807) is 0 Å². The quantitative estimate of drug-likeness (QED) is 0.563. The Morgan fingerprint density at radius 3 is 2.54 bits per heavy atom. The van der Waals surface area contributed by atoms with Crippen LogP contribution in [0.15, 0.2) is 66.7 Å². The van der Waals surface area contributed by atoms with Crippen LogP contribution >= 0.6 is 0 Å². The number of anilines is 3.